The molecule has 178 valence electrons. The van der Waals surface area contributed by atoms with E-state index in [9.17, 15) is 14.4 Å². The molecule has 2 amide bonds. The van der Waals surface area contributed by atoms with Gasteiger partial charge in [0, 0.05) is 5.41 Å². The fraction of sp³-hybridized carbons (Fsp3) is 0.0741. The van der Waals surface area contributed by atoms with Crippen molar-refractivity contribution < 1.29 is 29.0 Å². The first-order chi connectivity index (χ1) is 17.5. The highest BCUT2D eigenvalue weighted by molar-refractivity contribution is 8.03. The van der Waals surface area contributed by atoms with Crippen LogP contribution in [0, 0.1) is 0 Å². The Bertz CT molecular complexity index is 1480. The predicted molar refractivity (Wildman–Crippen MR) is 133 cm³/mol. The zero-order valence-corrected chi connectivity index (χ0v) is 19.5. The molecule has 3 heterocycles. The number of thioether (sulfide) groups is 1. The largest absolute Gasteiger partial charge is 0.512 e. The van der Waals surface area contributed by atoms with E-state index in [0.29, 0.717) is 40.4 Å². The maximum Gasteiger partial charge on any atom is 0.512 e. The molecule has 0 saturated carbocycles. The molecule has 1 fully saturated rings. The highest BCUT2D eigenvalue weighted by atomic mass is 32.2. The molecule has 1 N–H and O–H groups in total. The molecular weight excluding hydrogens is 480 g/mol. The molecule has 6 rings (SSSR count). The Hall–Kier alpha value is -4.50. The molecule has 36 heavy (non-hydrogen) atoms. The molecule has 1 saturated heterocycles. The van der Waals surface area contributed by atoms with E-state index < -0.39 is 6.16 Å². The van der Waals surface area contributed by atoms with Gasteiger partial charge in [0.2, 0.25) is 5.88 Å². The smallest absolute Gasteiger partial charge is 0.454 e. The van der Waals surface area contributed by atoms with Crippen molar-refractivity contribution in [2.24, 2.45) is 0 Å². The Morgan fingerprint density at radius 1 is 1.00 bits per heavy atom. The van der Waals surface area contributed by atoms with Gasteiger partial charge in [0.25, 0.3) is 11.8 Å². The Morgan fingerprint density at radius 3 is 2.58 bits per heavy atom. The van der Waals surface area contributed by atoms with Crippen molar-refractivity contribution in [3.63, 3.8) is 0 Å². The summed E-state index contributed by atoms with van der Waals surface area (Å²) in [5.74, 6) is 0.507. The lowest BCUT2D eigenvalue weighted by molar-refractivity contribution is -0.133. The third kappa shape index (κ3) is 3.70. The number of hydrogen-bond donors (Lipinski definition) is 1. The van der Waals surface area contributed by atoms with Gasteiger partial charge in [-0.1, -0.05) is 60.3 Å². The second kappa shape index (κ2) is 8.62. The van der Waals surface area contributed by atoms with Crippen molar-refractivity contribution in [3.8, 4) is 11.5 Å². The minimum atomic E-state index is -1.47. The number of carbonyl (C=O) groups excluding carboxylic acids is 2. The second-order valence-corrected chi connectivity index (χ2v) is 9.24. The number of nitrogens with zero attached hydrogens (tertiary/aromatic N) is 2. The van der Waals surface area contributed by atoms with Crippen LogP contribution in [-0.2, 0) is 16.1 Å². The van der Waals surface area contributed by atoms with Crippen molar-refractivity contribution >= 4 is 41.5 Å². The summed E-state index contributed by atoms with van der Waals surface area (Å²) in [5.41, 5.74) is 3.24. The second-order valence-electron chi connectivity index (χ2n) is 8.29. The number of hydrogen-bond acceptors (Lipinski definition) is 6. The fourth-order valence-electron chi connectivity index (χ4n) is 4.38. The van der Waals surface area contributed by atoms with E-state index in [4.69, 9.17) is 9.84 Å². The molecule has 0 unspecified atom stereocenters. The van der Waals surface area contributed by atoms with Crippen molar-refractivity contribution in [3.05, 3.63) is 106 Å². The lowest BCUT2D eigenvalue weighted by Gasteiger charge is -2.36. The van der Waals surface area contributed by atoms with E-state index in [2.05, 4.69) is 4.74 Å². The zero-order chi connectivity index (χ0) is 24.8. The standard InChI is InChI=1S/C27H18N2O6S/c30-24-18-8-4-5-9-21(18)34-22-11-10-17(13-20(22)28(24)14-16-6-2-1-3-7-16)12-19-25(31)29-23(35-27(32)33)15-36-26(19)29/h1-13,15,26H,14H2,(H,32,33)/b19-12+/t26-/m1/s1. The predicted octanol–water partition coefficient (Wildman–Crippen LogP) is 5.43. The average molecular weight is 499 g/mol. The number of rotatable bonds is 4. The van der Waals surface area contributed by atoms with Gasteiger partial charge in [-0.25, -0.2) is 4.79 Å². The maximum absolute atomic E-state index is 13.6. The Balaban J connectivity index is 1.36. The van der Waals surface area contributed by atoms with E-state index in [1.165, 1.54) is 22.1 Å². The number of ether oxygens (including phenoxy) is 2. The summed E-state index contributed by atoms with van der Waals surface area (Å²) in [4.78, 5) is 40.2. The number of carbonyl (C=O) groups is 3. The molecule has 0 aliphatic carbocycles. The highest BCUT2D eigenvalue weighted by Crippen LogP contribution is 2.46. The molecule has 3 aliphatic rings. The van der Waals surface area contributed by atoms with E-state index in [1.807, 2.05) is 48.5 Å². The van der Waals surface area contributed by atoms with Gasteiger partial charge in [0.1, 0.15) is 11.1 Å². The number of anilines is 1. The SMILES string of the molecule is O=C(O)OC1=CS[C@@H]2/C(=C/c3ccc4c(c3)N(Cc3ccccc3)C(=O)c3ccccc3O4)C(=O)N12. The first-order valence-electron chi connectivity index (χ1n) is 11.1. The van der Waals surface area contributed by atoms with Crippen LogP contribution >= 0.6 is 11.8 Å². The fourth-order valence-corrected chi connectivity index (χ4v) is 5.42. The van der Waals surface area contributed by atoms with Crippen molar-refractivity contribution in [1.82, 2.24) is 4.90 Å². The molecule has 3 aromatic rings. The van der Waals surface area contributed by atoms with E-state index >= 15 is 0 Å². The van der Waals surface area contributed by atoms with Crippen LogP contribution in [-0.4, -0.2) is 33.4 Å². The molecule has 0 aromatic heterocycles. The van der Waals surface area contributed by atoms with Crippen molar-refractivity contribution in [1.29, 1.82) is 0 Å². The van der Waals surface area contributed by atoms with Gasteiger partial charge < -0.3 is 19.5 Å². The molecule has 3 aromatic carbocycles. The van der Waals surface area contributed by atoms with Crippen LogP contribution in [0.4, 0.5) is 10.5 Å². The third-order valence-electron chi connectivity index (χ3n) is 6.06. The summed E-state index contributed by atoms with van der Waals surface area (Å²) in [6.07, 6.45) is 0.278. The number of β-lactam (4-membered cyclic amide) rings is 1. The van der Waals surface area contributed by atoms with Gasteiger partial charge in [0.15, 0.2) is 5.75 Å². The molecular formula is C27H18N2O6S. The minimum Gasteiger partial charge on any atom is -0.454 e. The molecule has 0 bridgehead atoms. The number of carboxylic acid groups (broad SMARTS) is 1. The molecule has 0 radical (unpaired) electrons. The maximum atomic E-state index is 13.6. The van der Waals surface area contributed by atoms with Crippen LogP contribution in [0.3, 0.4) is 0 Å². The lowest BCUT2D eigenvalue weighted by atomic mass is 10.0. The Labute approximate surface area is 210 Å². The van der Waals surface area contributed by atoms with Crippen LogP contribution in [0.2, 0.25) is 0 Å². The van der Waals surface area contributed by atoms with Gasteiger partial charge in [-0.2, -0.15) is 0 Å². The van der Waals surface area contributed by atoms with Gasteiger partial charge in [-0.05, 0) is 41.5 Å². The topological polar surface area (TPSA) is 96.4 Å². The number of benzene rings is 3. The summed E-state index contributed by atoms with van der Waals surface area (Å²) < 4.78 is 10.8. The van der Waals surface area contributed by atoms with Gasteiger partial charge in [-0.15, -0.1) is 0 Å². The molecule has 8 nitrogen and oxygen atoms in total. The first kappa shape index (κ1) is 22.0. The Kier molecular flexibility index (Phi) is 5.26. The van der Waals surface area contributed by atoms with Gasteiger partial charge in [0.05, 0.1) is 23.4 Å². The summed E-state index contributed by atoms with van der Waals surface area (Å²) >= 11 is 1.30. The minimum absolute atomic E-state index is 0.00683. The van der Waals surface area contributed by atoms with Crippen LogP contribution in [0.15, 0.2) is 89.7 Å². The quantitative estimate of drug-likeness (QED) is 0.291. The third-order valence-corrected chi connectivity index (χ3v) is 7.12. The lowest BCUT2D eigenvalue weighted by Crippen LogP contribution is -2.50. The summed E-state index contributed by atoms with van der Waals surface area (Å²) in [6.45, 7) is 0.343. The normalized spacial score (nSPS) is 18.9. The van der Waals surface area contributed by atoms with Crippen LogP contribution < -0.4 is 9.64 Å². The van der Waals surface area contributed by atoms with E-state index in [-0.39, 0.29) is 23.1 Å². The number of fused-ring (bicyclic) bond motifs is 3. The number of para-hydroxylation sites is 1. The summed E-state index contributed by atoms with van der Waals surface area (Å²) in [6, 6.07) is 22.3. The first-order valence-corrected chi connectivity index (χ1v) is 12.0. The Morgan fingerprint density at radius 2 is 1.78 bits per heavy atom. The highest BCUT2D eigenvalue weighted by Gasteiger charge is 2.49. The molecule has 3 aliphatic heterocycles. The molecule has 0 spiro atoms. The zero-order valence-electron chi connectivity index (χ0n) is 18.7. The van der Waals surface area contributed by atoms with E-state index in [0.717, 1.165) is 5.56 Å². The van der Waals surface area contributed by atoms with Crippen LogP contribution in [0.25, 0.3) is 6.08 Å². The van der Waals surface area contributed by atoms with Crippen LogP contribution in [0.1, 0.15) is 21.5 Å². The van der Waals surface area contributed by atoms with Crippen LogP contribution in [0.5, 0.6) is 11.5 Å². The summed E-state index contributed by atoms with van der Waals surface area (Å²) in [7, 11) is 0. The summed E-state index contributed by atoms with van der Waals surface area (Å²) in [5, 5.41) is 10.0. The molecule has 1 atom stereocenters. The average Bonchev–Trinajstić information content (AvgIpc) is 3.20. The van der Waals surface area contributed by atoms with Crippen molar-refractivity contribution in [2.75, 3.05) is 4.90 Å². The molecule has 9 heteroatoms. The number of amides is 2. The van der Waals surface area contributed by atoms with Crippen molar-refractivity contribution in [2.45, 2.75) is 11.9 Å². The monoisotopic (exact) mass is 498 g/mol. The van der Waals surface area contributed by atoms with E-state index in [1.54, 1.807) is 35.2 Å². The van der Waals surface area contributed by atoms with Gasteiger partial charge >= 0.3 is 6.16 Å². The van der Waals surface area contributed by atoms with Gasteiger partial charge in [-0.3, -0.25) is 14.5 Å².